The summed E-state index contributed by atoms with van der Waals surface area (Å²) in [5.74, 6) is 3.90. The number of benzene rings is 12. The fourth-order valence-corrected chi connectivity index (χ4v) is 19.4. The first-order valence-electron chi connectivity index (χ1n) is 38.6. The van der Waals surface area contributed by atoms with Crippen molar-refractivity contribution in [3.8, 4) is 65.2 Å². The highest BCUT2D eigenvalue weighted by Gasteiger charge is 2.19. The van der Waals surface area contributed by atoms with Crippen molar-refractivity contribution < 1.29 is 26.5 Å². The molecule has 24 rings (SSSR count). The average Bonchev–Trinajstić information content (AvgIpc) is 1.66. The molecule has 0 spiro atoms. The number of aryl methyl sites for hydroxylation is 12. The van der Waals surface area contributed by atoms with E-state index in [9.17, 15) is 0 Å². The van der Waals surface area contributed by atoms with Crippen molar-refractivity contribution in [1.82, 2.24) is 59.8 Å². The Morgan fingerprint density at radius 2 is 0.400 bits per heavy atom. The maximum Gasteiger partial charge on any atom is 0.227 e. The molecule has 0 bridgehead atoms. The molecule has 0 aliphatic heterocycles. The fourth-order valence-electron chi connectivity index (χ4n) is 13.7. The quantitative estimate of drug-likeness (QED) is 0.150. The van der Waals surface area contributed by atoms with Crippen molar-refractivity contribution >= 4 is 196 Å². The minimum atomic E-state index is 0.615. The smallest absolute Gasteiger partial charge is 0.227 e. The molecule has 24 heteroatoms. The van der Waals surface area contributed by atoms with Gasteiger partial charge in [0.2, 0.25) is 11.8 Å². The van der Waals surface area contributed by atoms with Gasteiger partial charge in [-0.3, -0.25) is 0 Å². The largest absolute Gasteiger partial charge is 0.441 e. The molecule has 24 aromatic rings. The summed E-state index contributed by atoms with van der Waals surface area (Å²) >= 11 is 10.3. The minimum absolute atomic E-state index is 0.615. The molecule has 120 heavy (non-hydrogen) atoms. The zero-order valence-corrected chi connectivity index (χ0v) is 71.9. The topological polar surface area (TPSA) is 234 Å². The SMILES string of the molecule is Cc1ccc(-c2nc3cc4nc(C)oc4cc3o2)cc1.Cc1ccc(-c2nc3cc4nc(C)oc4cc3s2)cc1.Cc1ccc(-c2nc3cc4nc(C)sc4cc3s2)cc1.Cc1ccc(-c2nc3cc4oc(C)nc4cc3o2)cc1.Cc1ccc(-c2nc3cc4oc(C)nc4cc3s2)cc1.Cc1ccc(-c2nc3cc4sc(C)nc4cc3s2)cc1. The van der Waals surface area contributed by atoms with Crippen LogP contribution >= 0.6 is 68.0 Å². The third-order valence-corrected chi connectivity index (χ3v) is 26.0. The number of fused-ring (bicyclic) bond motifs is 12. The van der Waals surface area contributed by atoms with Crippen LogP contribution in [-0.2, 0) is 0 Å². The third kappa shape index (κ3) is 16.3. The standard InChI is InChI=1S/2C16H12N2O2.2C16H12N2OS.2C16H12N2S2/c1-9-3-5-11(6-4-9)16-18-13-8-14-12(7-15(13)20-16)17-10(2)19-14;1-9-3-5-11(6-4-9)16-18-13-7-12-14(8-15(13)20-16)19-10(2)17-12;1-9-3-5-11(6-4-9)16-18-13-7-14-12(8-15(13)20-16)17-10(2)19-14;1-9-3-5-11(6-4-9)16-18-13-7-12-14(8-15(13)20-16)19-10(2)17-12;1-9-3-5-11(6-4-9)16-18-13-8-14-12(7-15(13)20-16)17-10(2)19-14;1-9-3-5-11(6-4-9)16-18-13-7-12-14(8-15(13)20-16)19-10(2)17-12/h6*3-8H,1-2H3. The van der Waals surface area contributed by atoms with Crippen molar-refractivity contribution in [3.05, 3.63) is 285 Å². The van der Waals surface area contributed by atoms with E-state index < -0.39 is 0 Å². The van der Waals surface area contributed by atoms with Crippen molar-refractivity contribution in [2.75, 3.05) is 0 Å². The number of aromatic nitrogens is 12. The molecule has 0 fully saturated rings. The van der Waals surface area contributed by atoms with Crippen LogP contribution in [0.2, 0.25) is 0 Å². The molecular formula is C96H72N12O6S6. The molecular weight excluding hydrogens is 1610 g/mol. The van der Waals surface area contributed by atoms with E-state index in [1.165, 1.54) is 63.3 Å². The van der Waals surface area contributed by atoms with Crippen molar-refractivity contribution in [2.24, 2.45) is 0 Å². The molecule has 12 aromatic carbocycles. The first kappa shape index (κ1) is 76.8. The lowest BCUT2D eigenvalue weighted by atomic mass is 10.1. The Hall–Kier alpha value is -13.2. The number of rotatable bonds is 6. The highest BCUT2D eigenvalue weighted by Crippen LogP contribution is 2.40. The number of thiazole rings is 6. The van der Waals surface area contributed by atoms with Crippen LogP contribution in [0.3, 0.4) is 0 Å². The molecule has 0 aliphatic rings. The average molecular weight is 1680 g/mol. The van der Waals surface area contributed by atoms with Crippen LogP contribution in [0.4, 0.5) is 0 Å². The Bertz CT molecular complexity index is 6420. The Balaban J connectivity index is 0.0000000952. The van der Waals surface area contributed by atoms with Gasteiger partial charge in [0.25, 0.3) is 0 Å². The highest BCUT2D eigenvalue weighted by molar-refractivity contribution is 7.23. The van der Waals surface area contributed by atoms with Crippen LogP contribution in [0.25, 0.3) is 193 Å². The highest BCUT2D eigenvalue weighted by atomic mass is 32.1. The summed E-state index contributed by atoms with van der Waals surface area (Å²) < 4.78 is 41.0. The Morgan fingerprint density at radius 1 is 0.175 bits per heavy atom. The van der Waals surface area contributed by atoms with Gasteiger partial charge in [-0.15, -0.1) is 68.0 Å². The van der Waals surface area contributed by atoms with E-state index in [0.717, 1.165) is 156 Å². The monoisotopic (exact) mass is 1680 g/mol. The van der Waals surface area contributed by atoms with Gasteiger partial charge in [-0.05, 0) is 122 Å². The number of hydrogen-bond acceptors (Lipinski definition) is 24. The van der Waals surface area contributed by atoms with Crippen LogP contribution in [0, 0.1) is 83.1 Å². The Morgan fingerprint density at radius 3 is 0.800 bits per heavy atom. The van der Waals surface area contributed by atoms with Gasteiger partial charge >= 0.3 is 0 Å². The molecule has 0 saturated heterocycles. The Kier molecular flexibility index (Phi) is 20.4. The third-order valence-electron chi connectivity index (χ3n) is 19.8. The van der Waals surface area contributed by atoms with Crippen LogP contribution in [0.5, 0.6) is 0 Å². The normalized spacial score (nSPS) is 11.5. The predicted octanol–water partition coefficient (Wildman–Crippen LogP) is 28.3. The van der Waals surface area contributed by atoms with E-state index >= 15 is 0 Å². The summed E-state index contributed by atoms with van der Waals surface area (Å²) in [7, 11) is 0. The van der Waals surface area contributed by atoms with Gasteiger partial charge in [-0.25, -0.2) is 59.8 Å². The number of hydrogen-bond donors (Lipinski definition) is 0. The molecule has 0 radical (unpaired) electrons. The minimum Gasteiger partial charge on any atom is -0.441 e. The van der Waals surface area contributed by atoms with Crippen LogP contribution in [0.1, 0.15) is 67.0 Å². The second-order valence-corrected chi connectivity index (χ2v) is 36.0. The van der Waals surface area contributed by atoms with Gasteiger partial charge in [0, 0.05) is 91.4 Å². The van der Waals surface area contributed by atoms with Crippen molar-refractivity contribution in [2.45, 2.75) is 83.1 Å². The zero-order valence-electron chi connectivity index (χ0n) is 67.1. The second kappa shape index (κ2) is 31.9. The summed E-state index contributed by atoms with van der Waals surface area (Å²) in [5.41, 5.74) is 29.7. The van der Waals surface area contributed by atoms with Gasteiger partial charge in [-0.1, -0.05) is 155 Å². The van der Waals surface area contributed by atoms with E-state index in [2.05, 4.69) is 209 Å². The fraction of sp³-hybridized carbons (Fsp3) is 0.125. The summed E-state index contributed by atoms with van der Waals surface area (Å²) in [6.07, 6.45) is 0. The van der Waals surface area contributed by atoms with E-state index in [1.54, 1.807) is 68.0 Å². The molecule has 0 atom stereocenters. The first-order valence-corrected chi connectivity index (χ1v) is 43.5. The van der Waals surface area contributed by atoms with E-state index in [1.807, 2.05) is 133 Å². The van der Waals surface area contributed by atoms with Crippen LogP contribution < -0.4 is 0 Å². The van der Waals surface area contributed by atoms with E-state index in [0.29, 0.717) is 40.9 Å². The van der Waals surface area contributed by atoms with Gasteiger partial charge in [0.1, 0.15) is 53.1 Å². The van der Waals surface area contributed by atoms with Gasteiger partial charge in [0.05, 0.1) is 71.3 Å². The van der Waals surface area contributed by atoms with Gasteiger partial charge in [0.15, 0.2) is 57.1 Å². The first-order chi connectivity index (χ1) is 58.1. The molecule has 0 unspecified atom stereocenters. The number of nitrogens with zero attached hydrogens (tertiary/aromatic N) is 12. The molecule has 0 aliphatic carbocycles. The van der Waals surface area contributed by atoms with Gasteiger partial charge < -0.3 is 26.5 Å². The van der Waals surface area contributed by atoms with E-state index in [4.69, 9.17) is 46.4 Å². The predicted molar refractivity (Wildman–Crippen MR) is 493 cm³/mol. The molecule has 18 nitrogen and oxygen atoms in total. The molecule has 0 N–H and O–H groups in total. The van der Waals surface area contributed by atoms with Crippen molar-refractivity contribution in [1.29, 1.82) is 0 Å². The Labute approximate surface area is 710 Å². The molecule has 12 heterocycles. The molecule has 588 valence electrons. The molecule has 12 aromatic heterocycles. The summed E-state index contributed by atoms with van der Waals surface area (Å²) in [6, 6.07) is 74.3. The maximum atomic E-state index is 5.82. The van der Waals surface area contributed by atoms with Crippen LogP contribution in [0.15, 0.2) is 245 Å². The van der Waals surface area contributed by atoms with Gasteiger partial charge in [-0.2, -0.15) is 0 Å². The summed E-state index contributed by atoms with van der Waals surface area (Å²) in [4.78, 5) is 54.4. The molecule has 0 saturated carbocycles. The lowest BCUT2D eigenvalue weighted by molar-refractivity contribution is 0.559. The number of oxazole rings is 6. The van der Waals surface area contributed by atoms with Crippen LogP contribution in [-0.4, -0.2) is 59.8 Å². The summed E-state index contributed by atoms with van der Waals surface area (Å²) in [5, 5.41) is 6.44. The maximum absolute atomic E-state index is 5.82. The summed E-state index contributed by atoms with van der Waals surface area (Å²) in [6.45, 7) is 24.0. The lowest BCUT2D eigenvalue weighted by Crippen LogP contribution is -1.77. The second-order valence-electron chi connectivity index (χ2n) is 29.4. The zero-order chi connectivity index (χ0) is 82.1. The van der Waals surface area contributed by atoms with E-state index in [-0.39, 0.29) is 0 Å². The van der Waals surface area contributed by atoms with Crippen molar-refractivity contribution in [3.63, 3.8) is 0 Å². The lowest BCUT2D eigenvalue weighted by Gasteiger charge is -1.95. The molecule has 0 amide bonds.